The fourth-order valence-electron chi connectivity index (χ4n) is 6.17. The van der Waals surface area contributed by atoms with Crippen LogP contribution in [0.2, 0.25) is 0 Å². The number of benzene rings is 2. The summed E-state index contributed by atoms with van der Waals surface area (Å²) in [6, 6.07) is 6.14. The number of carboxylic acid groups (broad SMARTS) is 1. The van der Waals surface area contributed by atoms with Gasteiger partial charge in [-0.25, -0.2) is 9.37 Å². The third kappa shape index (κ3) is 5.11. The molecule has 9 nitrogen and oxygen atoms in total. The van der Waals surface area contributed by atoms with Crippen LogP contribution in [0.25, 0.3) is 11.0 Å². The first kappa shape index (κ1) is 28.2. The van der Waals surface area contributed by atoms with E-state index < -0.39 is 36.8 Å². The van der Waals surface area contributed by atoms with Crippen molar-refractivity contribution in [2.45, 2.75) is 76.7 Å². The molecule has 2 heterocycles. The number of methoxy groups -OCH3 is 1. The molecule has 0 bridgehead atoms. The summed E-state index contributed by atoms with van der Waals surface area (Å²) in [5.41, 5.74) is 2.43. The van der Waals surface area contributed by atoms with E-state index in [-0.39, 0.29) is 35.6 Å². The Labute approximate surface area is 228 Å². The molecule has 3 N–H and O–H groups in total. The molecule has 1 fully saturated rings. The zero-order chi connectivity index (χ0) is 28.7. The van der Waals surface area contributed by atoms with Gasteiger partial charge >= 0.3 is 12.6 Å². The van der Waals surface area contributed by atoms with Gasteiger partial charge in [0.2, 0.25) is 6.41 Å². The average Bonchev–Trinajstić information content (AvgIpc) is 3.33. The zero-order valence-electron chi connectivity index (χ0n) is 22.1. The molecule has 1 saturated carbocycles. The molecule has 1 aromatic heterocycles. The number of halogens is 3. The van der Waals surface area contributed by atoms with E-state index in [1.807, 2.05) is 13.0 Å². The number of aliphatic hydroxyl groups is 2. The monoisotopic (exact) mass is 563 g/mol. The maximum absolute atomic E-state index is 14.3. The number of aryl methyl sites for hydroxylation is 1. The lowest BCUT2D eigenvalue weighted by Gasteiger charge is -2.39. The van der Waals surface area contributed by atoms with E-state index >= 15 is 0 Å². The van der Waals surface area contributed by atoms with E-state index in [4.69, 9.17) is 9.72 Å². The number of anilines is 1. The van der Waals surface area contributed by atoms with Crippen LogP contribution in [0.5, 0.6) is 5.75 Å². The minimum Gasteiger partial charge on any atom is -0.481 e. The van der Waals surface area contributed by atoms with Crippen LogP contribution in [-0.4, -0.2) is 57.0 Å². The third-order valence-electron chi connectivity index (χ3n) is 8.07. The minimum atomic E-state index is -3.20. The van der Waals surface area contributed by atoms with Gasteiger partial charge in [-0.1, -0.05) is 6.42 Å². The Morgan fingerprint density at radius 2 is 1.93 bits per heavy atom. The summed E-state index contributed by atoms with van der Waals surface area (Å²) in [7, 11) is 1.40. The van der Waals surface area contributed by atoms with Crippen LogP contribution in [-0.2, 0) is 16.0 Å². The van der Waals surface area contributed by atoms with Crippen molar-refractivity contribution < 1.29 is 42.8 Å². The standard InChI is InChI=1S/C28H32F3N3O6/c1-14-6-8-18-20(33(14)28(38)39-2)9-10-21-23(18)32-25(34(21)17-5-3-4-15(12-17)26(36)37)24(35)19-13-16(29)7-11-22(19)40-27(30)31/h7,9-11,13-15,17,24,27-28,35,38H,3-6,8,12H2,1-2H3,(H,36,37)/t14-,15+,17+,24+,28?/m0/s1. The fraction of sp³-hybridized carbons (Fsp3) is 0.500. The third-order valence-corrected chi connectivity index (χ3v) is 8.07. The number of aliphatic hydroxyl groups excluding tert-OH is 2. The molecule has 5 rings (SSSR count). The van der Waals surface area contributed by atoms with Gasteiger partial charge in [-0.15, -0.1) is 0 Å². The number of ether oxygens (including phenoxy) is 2. The SMILES string of the molecule is COC(O)N1c2ccc3c(nc([C@H](O)c4cc(F)ccc4OC(F)F)n3[C@@H]3CCC[C@@H](C(=O)O)C3)c2CC[C@@H]1C. The van der Waals surface area contributed by atoms with Gasteiger partial charge in [-0.2, -0.15) is 8.78 Å². The summed E-state index contributed by atoms with van der Waals surface area (Å²) in [6.07, 6.45) is 0.480. The molecule has 5 atom stereocenters. The molecule has 0 spiro atoms. The van der Waals surface area contributed by atoms with Crippen LogP contribution in [0.15, 0.2) is 30.3 Å². The average molecular weight is 564 g/mol. The second-order valence-electron chi connectivity index (χ2n) is 10.4. The lowest BCUT2D eigenvalue weighted by atomic mass is 9.85. The Kier molecular flexibility index (Phi) is 7.94. The molecule has 40 heavy (non-hydrogen) atoms. The predicted molar refractivity (Wildman–Crippen MR) is 139 cm³/mol. The Morgan fingerprint density at radius 1 is 1.15 bits per heavy atom. The van der Waals surface area contributed by atoms with Crippen LogP contribution >= 0.6 is 0 Å². The molecule has 0 saturated heterocycles. The first-order chi connectivity index (χ1) is 19.1. The van der Waals surface area contributed by atoms with Crippen molar-refractivity contribution in [3.05, 3.63) is 53.1 Å². The zero-order valence-corrected chi connectivity index (χ0v) is 22.1. The lowest BCUT2D eigenvalue weighted by Crippen LogP contribution is -2.45. The molecule has 0 radical (unpaired) electrons. The van der Waals surface area contributed by atoms with Crippen LogP contribution in [0.1, 0.15) is 68.1 Å². The van der Waals surface area contributed by atoms with E-state index in [0.29, 0.717) is 48.8 Å². The minimum absolute atomic E-state index is 0.0388. The van der Waals surface area contributed by atoms with Crippen molar-refractivity contribution in [2.75, 3.05) is 12.0 Å². The summed E-state index contributed by atoms with van der Waals surface area (Å²) in [5.74, 6) is -2.58. The van der Waals surface area contributed by atoms with Crippen molar-refractivity contribution in [1.82, 2.24) is 9.55 Å². The first-order valence-electron chi connectivity index (χ1n) is 13.3. The number of nitrogens with zero attached hydrogens (tertiary/aromatic N) is 3. The lowest BCUT2D eigenvalue weighted by molar-refractivity contribution is -0.143. The van der Waals surface area contributed by atoms with Crippen LogP contribution < -0.4 is 9.64 Å². The number of aromatic nitrogens is 2. The number of aliphatic carboxylic acids is 1. The summed E-state index contributed by atoms with van der Waals surface area (Å²) in [6.45, 7) is -1.23. The van der Waals surface area contributed by atoms with Crippen molar-refractivity contribution in [3.8, 4) is 5.75 Å². The number of carbonyl (C=O) groups is 1. The van der Waals surface area contributed by atoms with E-state index in [9.17, 15) is 33.3 Å². The Bertz CT molecular complexity index is 1400. The molecule has 12 heteroatoms. The van der Waals surface area contributed by atoms with Gasteiger partial charge in [-0.05, 0) is 69.4 Å². The van der Waals surface area contributed by atoms with E-state index in [2.05, 4.69) is 4.74 Å². The van der Waals surface area contributed by atoms with Crippen LogP contribution in [0.4, 0.5) is 18.9 Å². The van der Waals surface area contributed by atoms with E-state index in [0.717, 1.165) is 23.8 Å². The summed E-state index contributed by atoms with van der Waals surface area (Å²) < 4.78 is 52.2. The van der Waals surface area contributed by atoms with Crippen LogP contribution in [0.3, 0.4) is 0 Å². The highest BCUT2D eigenvalue weighted by atomic mass is 19.3. The van der Waals surface area contributed by atoms with Gasteiger partial charge in [-0.3, -0.25) is 4.79 Å². The number of imidazole rings is 1. The Morgan fingerprint density at radius 3 is 2.62 bits per heavy atom. The van der Waals surface area contributed by atoms with Crippen molar-refractivity contribution >= 4 is 22.7 Å². The summed E-state index contributed by atoms with van der Waals surface area (Å²) in [4.78, 5) is 18.4. The topological polar surface area (TPSA) is 117 Å². The normalized spacial score (nSPS) is 22.8. The highest BCUT2D eigenvalue weighted by Crippen LogP contribution is 2.43. The molecule has 1 unspecified atom stereocenters. The second-order valence-corrected chi connectivity index (χ2v) is 10.4. The van der Waals surface area contributed by atoms with Crippen LogP contribution in [0, 0.1) is 11.7 Å². The Balaban J connectivity index is 1.71. The number of fused-ring (bicyclic) bond motifs is 3. The molecular formula is C28H32F3N3O6. The van der Waals surface area contributed by atoms with E-state index in [1.165, 1.54) is 7.11 Å². The highest BCUT2D eigenvalue weighted by Gasteiger charge is 2.36. The van der Waals surface area contributed by atoms with E-state index in [1.54, 1.807) is 15.5 Å². The molecule has 1 aliphatic carbocycles. The summed E-state index contributed by atoms with van der Waals surface area (Å²) >= 11 is 0. The number of hydrogen-bond donors (Lipinski definition) is 3. The molecular weight excluding hydrogens is 531 g/mol. The number of hydrogen-bond acceptors (Lipinski definition) is 7. The van der Waals surface area contributed by atoms with Gasteiger partial charge in [0, 0.05) is 36.0 Å². The fourth-order valence-corrected chi connectivity index (χ4v) is 6.17. The number of carboxylic acids is 1. The predicted octanol–water partition coefficient (Wildman–Crippen LogP) is 4.74. The molecule has 0 amide bonds. The summed E-state index contributed by atoms with van der Waals surface area (Å²) in [5, 5.41) is 31.8. The number of rotatable bonds is 8. The van der Waals surface area contributed by atoms with Gasteiger partial charge in [0.05, 0.1) is 17.0 Å². The van der Waals surface area contributed by atoms with Gasteiger partial charge in [0.1, 0.15) is 23.5 Å². The molecule has 2 aliphatic rings. The Hall–Kier alpha value is -3.35. The molecule has 1 aliphatic heterocycles. The smallest absolute Gasteiger partial charge is 0.387 e. The van der Waals surface area contributed by atoms with Gasteiger partial charge in [0.25, 0.3) is 0 Å². The molecule has 3 aromatic rings. The van der Waals surface area contributed by atoms with Gasteiger partial charge < -0.3 is 34.3 Å². The molecule has 2 aromatic carbocycles. The maximum Gasteiger partial charge on any atom is 0.387 e. The molecule has 216 valence electrons. The largest absolute Gasteiger partial charge is 0.481 e. The van der Waals surface area contributed by atoms with Crippen molar-refractivity contribution in [1.29, 1.82) is 0 Å². The number of alkyl halides is 2. The second kappa shape index (κ2) is 11.3. The first-order valence-corrected chi connectivity index (χ1v) is 13.3. The quantitative estimate of drug-likeness (QED) is 0.337. The van der Waals surface area contributed by atoms with Gasteiger partial charge in [0.15, 0.2) is 0 Å². The maximum atomic E-state index is 14.3. The van der Waals surface area contributed by atoms with Crippen molar-refractivity contribution in [3.63, 3.8) is 0 Å². The highest BCUT2D eigenvalue weighted by molar-refractivity contribution is 5.86. The van der Waals surface area contributed by atoms with Crippen molar-refractivity contribution in [2.24, 2.45) is 5.92 Å².